The van der Waals surface area contributed by atoms with Gasteiger partial charge in [-0.25, -0.2) is 9.97 Å². The summed E-state index contributed by atoms with van der Waals surface area (Å²) in [5, 5.41) is 2.08. The van der Waals surface area contributed by atoms with Crippen molar-refractivity contribution in [2.24, 2.45) is 0 Å². The molecule has 6 saturated carbocycles. The quantitative estimate of drug-likeness (QED) is 0.0527. The Bertz CT molecular complexity index is 4240. The van der Waals surface area contributed by atoms with Gasteiger partial charge in [0.05, 0.1) is 37.4 Å². The van der Waals surface area contributed by atoms with Crippen molar-refractivity contribution in [3.63, 3.8) is 0 Å². The predicted molar refractivity (Wildman–Crippen MR) is 442 cm³/mol. The summed E-state index contributed by atoms with van der Waals surface area (Å²) in [6.45, 7) is 9.37. The molecule has 2 nitrogen and oxygen atoms in total. The Kier molecular flexibility index (Phi) is 28.4. The average molecular weight is 1810 g/mol. The molecule has 0 aliphatic heterocycles. The summed E-state index contributed by atoms with van der Waals surface area (Å²) in [6.07, 6.45) is 69.0. The zero-order chi connectivity index (χ0) is 69.2. The predicted octanol–water partition coefficient (Wildman–Crippen LogP) is 27.5. The fourth-order valence-electron chi connectivity index (χ4n) is 20.8. The molecule has 102 heavy (non-hydrogen) atoms. The van der Waals surface area contributed by atoms with Gasteiger partial charge in [-0.1, -0.05) is 101 Å². The number of thiazole rings is 2. The van der Waals surface area contributed by atoms with E-state index in [1.165, 1.54) is 168 Å². The van der Waals surface area contributed by atoms with Gasteiger partial charge in [0.15, 0.2) is 0 Å². The van der Waals surface area contributed by atoms with E-state index in [0.29, 0.717) is 0 Å². The maximum atomic E-state index is 7.71. The van der Waals surface area contributed by atoms with Crippen LogP contribution >= 0.6 is 48.5 Å². The van der Waals surface area contributed by atoms with Gasteiger partial charge in [-0.05, 0) is 215 Å². The number of nitrogens with zero attached hydrogens (tertiary/aromatic N) is 2. The summed E-state index contributed by atoms with van der Waals surface area (Å²) in [5.74, 6) is 14.2. The van der Waals surface area contributed by atoms with Crippen LogP contribution in [0.5, 0.6) is 0 Å². The first-order valence-corrected chi connectivity index (χ1v) is 46.4. The summed E-state index contributed by atoms with van der Waals surface area (Å²) in [5.41, 5.74) is 25.3. The van der Waals surface area contributed by atoms with Gasteiger partial charge in [0, 0.05) is 68.9 Å². The fraction of sp³-hybridized carbons (Fsp3) is 0.505. The van der Waals surface area contributed by atoms with Crippen LogP contribution in [-0.4, -0.2) is 43.9 Å². The van der Waals surface area contributed by atoms with Gasteiger partial charge in [-0.2, -0.15) is 0 Å². The number of terminal acetylenes is 2. The summed E-state index contributed by atoms with van der Waals surface area (Å²) in [6, 6.07) is 38.6. The van der Waals surface area contributed by atoms with Crippen molar-refractivity contribution in [1.29, 1.82) is 0 Å². The maximum absolute atomic E-state index is 7.71. The van der Waals surface area contributed by atoms with E-state index >= 15 is 0 Å². The number of benzene rings is 6. The molecule has 8 aliphatic carbocycles. The third-order valence-corrected chi connectivity index (χ3v) is 41.0. The minimum Gasteiger partial charge on any atom is -0.366 e. The first-order valence-electron chi connectivity index (χ1n) is 39.8. The molecule has 0 unspecified atom stereocenters. The molecule has 0 atom stereocenters. The van der Waals surface area contributed by atoms with Gasteiger partial charge >= 0.3 is 154 Å². The third kappa shape index (κ3) is 16.5. The molecule has 6 aromatic carbocycles. The van der Waals surface area contributed by atoms with Crippen LogP contribution in [0.25, 0.3) is 63.8 Å². The van der Waals surface area contributed by atoms with E-state index in [9.17, 15) is 0 Å². The Labute approximate surface area is 661 Å². The van der Waals surface area contributed by atoms with E-state index in [1.807, 2.05) is 37.3 Å². The zero-order valence-corrected chi connectivity index (χ0v) is 70.5. The van der Waals surface area contributed by atoms with E-state index in [4.69, 9.17) is 40.5 Å². The molecule has 543 valence electrons. The van der Waals surface area contributed by atoms with E-state index in [2.05, 4.69) is 136 Å². The van der Waals surface area contributed by atoms with E-state index in [0.717, 1.165) is 96.2 Å². The molecule has 6 fully saturated rings. The van der Waals surface area contributed by atoms with Crippen LogP contribution in [0.4, 0.5) is 0 Å². The Morgan fingerprint density at radius 2 is 0.755 bits per heavy atom. The van der Waals surface area contributed by atoms with Crippen molar-refractivity contribution in [3.8, 4) is 85.8 Å². The summed E-state index contributed by atoms with van der Waals surface area (Å²) in [4.78, 5) is 9.80. The van der Waals surface area contributed by atoms with E-state index in [1.54, 1.807) is 119 Å². The van der Waals surface area contributed by atoms with Gasteiger partial charge in [0.25, 0.3) is 0 Å². The molecule has 9 heteroatoms. The second kappa shape index (κ2) is 36.7. The summed E-state index contributed by atoms with van der Waals surface area (Å²) >= 11 is 11.1. The van der Waals surface area contributed by atoms with Crippen LogP contribution in [0, 0.1) is 48.9 Å². The molecule has 0 N–H and O–H groups in total. The summed E-state index contributed by atoms with van der Waals surface area (Å²) < 4.78 is 2.29. The van der Waals surface area contributed by atoms with Crippen LogP contribution < -0.4 is 0 Å². The van der Waals surface area contributed by atoms with E-state index < -0.39 is 6.62 Å². The molecule has 0 saturated heterocycles. The molecule has 0 spiro atoms. The normalized spacial score (nSPS) is 19.1. The standard InChI is InChI=1S/C29H22NS.C28H21NS.C18H34ClP.C18H33P.2Au/c1-5-9-20-11-15-26-27(17-20)31-28(30-26)21-12-14-23-22-13-10-19(6-2)16-24(22)29(7-3,8-4)25(23)18-21;1-5-18-9-12-21-22-13-11-20(17-24(22)28(7-3,8-4)23(21)15-18)27-29-25-14-10-19(6-2)16-26(25)30-27;19-20(16-10-4-1-5-11-16,17-12-6-2-7-13-17)18-14-8-3-9-15-18;1-4-10-16(11-5-1)19(17-12-6-2-7-13-17)18-14-8-3-9-15-18;;/h10-18H,7-8H2,1,3-4H3;1-2,9-17H,7-8H2,3-4H3;16-18,20H,1-15H2;16-18H,1-15H2;;/q-1;;;;;+1/p+1. The molecular weight excluding hydrogens is 1700 g/mol. The first kappa shape index (κ1) is 79.0. The molecule has 8 aromatic rings. The average Bonchev–Trinajstić information content (AvgIpc) is 1.56. The Hall–Kier alpha value is -4.03. The van der Waals surface area contributed by atoms with Crippen LogP contribution in [0.15, 0.2) is 109 Å². The number of hydrogen-bond donors (Lipinski definition) is 0. The van der Waals surface area contributed by atoms with Gasteiger partial charge in [-0.15, -0.1) is 59.1 Å². The number of hydrogen-bond acceptors (Lipinski definition) is 4. The third-order valence-electron chi connectivity index (χ3n) is 26.1. The molecule has 0 amide bonds. The van der Waals surface area contributed by atoms with Crippen molar-refractivity contribution in [2.45, 2.75) is 298 Å². The van der Waals surface area contributed by atoms with Crippen LogP contribution in [0.3, 0.4) is 0 Å². The van der Waals surface area contributed by atoms with Gasteiger partial charge in [-0.3, -0.25) is 5.92 Å². The molecule has 0 bridgehead atoms. The zero-order valence-electron chi connectivity index (χ0n) is 61.7. The number of fused-ring (bicyclic) bond motifs is 8. The monoisotopic (exact) mass is 1810 g/mol. The summed E-state index contributed by atoms with van der Waals surface area (Å²) in [7, 11) is -0.0465. The van der Waals surface area contributed by atoms with Crippen molar-refractivity contribution in [1.82, 2.24) is 9.97 Å². The van der Waals surface area contributed by atoms with Crippen LogP contribution in [0.1, 0.15) is 297 Å². The fourth-order valence-corrected chi connectivity index (χ4v) is 35.9. The molecule has 1 radical (unpaired) electrons. The molecule has 16 rings (SSSR count). The van der Waals surface area contributed by atoms with Crippen molar-refractivity contribution in [2.75, 3.05) is 0 Å². The number of aromatic nitrogens is 2. The molecule has 2 aromatic heterocycles. The molecule has 8 aliphatic rings. The van der Waals surface area contributed by atoms with E-state index in [-0.39, 0.29) is 63.5 Å². The molecular formula is C93H111Au2ClN2P2S2+. The minimum atomic E-state index is -1.57. The second-order valence-corrected chi connectivity index (χ2v) is 42.7. The van der Waals surface area contributed by atoms with Gasteiger partial charge in [0.2, 0.25) is 0 Å². The smallest absolute Gasteiger partial charge is 0.366 e. The SMILES string of the molecule is C#Cc1ccc2c(c1)C(CC)(CC)c1cc(-c3nc4ccc(C#C)cc4s3)ccc1-2.C1CCC([PH+](C2CCCCC2)C2CCCCC2)CC1.Cl[PH](C1CCCCC1)(C1CCCCC1)C1CCCCC1.[Au+].[Au].[C-]#Cc1ccc2c(c1)C(CC)(CC)c1cc(-c3nc4ccc(C#CC)cc4s3)ccc1-2. The van der Waals surface area contributed by atoms with Crippen LogP contribution in [0.2, 0.25) is 0 Å². The molecule has 2 heterocycles. The minimum absolute atomic E-state index is 0. The van der Waals surface area contributed by atoms with Gasteiger partial charge in [0.1, 0.15) is 10.0 Å². The largest absolute Gasteiger partial charge is 1.00 e. The second-order valence-electron chi connectivity index (χ2n) is 31.1. The van der Waals surface area contributed by atoms with Crippen molar-refractivity contribution < 1.29 is 44.8 Å². The van der Waals surface area contributed by atoms with Crippen molar-refractivity contribution >= 4 is 68.9 Å². The Morgan fingerprint density at radius 1 is 0.441 bits per heavy atom. The van der Waals surface area contributed by atoms with Crippen LogP contribution in [-0.2, 0) is 55.6 Å². The van der Waals surface area contributed by atoms with Gasteiger partial charge < -0.3 is 6.42 Å². The topological polar surface area (TPSA) is 25.8 Å². The Morgan fingerprint density at radius 3 is 1.12 bits per heavy atom. The Balaban J connectivity index is 0.000000139. The number of halogens is 1. The van der Waals surface area contributed by atoms with Crippen molar-refractivity contribution in [3.05, 3.63) is 160 Å². The number of rotatable bonds is 12. The maximum Gasteiger partial charge on any atom is 1.00 e. The first-order chi connectivity index (χ1) is 49.0.